The average Bonchev–Trinajstić information content (AvgIpc) is 3.08. The number of fused-ring (bicyclic) bond motifs is 1. The predicted molar refractivity (Wildman–Crippen MR) is 192 cm³/mol. The maximum absolute atomic E-state index is 14.2. The van der Waals surface area contributed by atoms with Gasteiger partial charge in [-0.25, -0.2) is 9.78 Å². The van der Waals surface area contributed by atoms with Crippen LogP contribution in [0.5, 0.6) is 5.75 Å². The van der Waals surface area contributed by atoms with Crippen molar-refractivity contribution < 1.29 is 9.53 Å². The van der Waals surface area contributed by atoms with E-state index in [1.165, 1.54) is 0 Å². The fourth-order valence-electron chi connectivity index (χ4n) is 5.80. The van der Waals surface area contributed by atoms with E-state index >= 15 is 0 Å². The number of carbonyl (C=O) groups excluding carboxylic acids is 1. The fourth-order valence-corrected chi connectivity index (χ4v) is 5.80. The van der Waals surface area contributed by atoms with E-state index in [-0.39, 0.29) is 23.1 Å². The van der Waals surface area contributed by atoms with Crippen LogP contribution in [-0.4, -0.2) is 27.7 Å². The Morgan fingerprint density at radius 2 is 1.60 bits per heavy atom. The number of aryl methyl sites for hydroxylation is 1. The Morgan fingerprint density at radius 1 is 0.872 bits per heavy atom. The lowest BCUT2D eigenvalue weighted by Crippen LogP contribution is -2.30. The molecule has 0 bridgehead atoms. The van der Waals surface area contributed by atoms with Crippen LogP contribution >= 0.6 is 0 Å². The lowest BCUT2D eigenvalue weighted by Gasteiger charge is -2.23. The van der Waals surface area contributed by atoms with Gasteiger partial charge in [-0.2, -0.15) is 0 Å². The van der Waals surface area contributed by atoms with Gasteiger partial charge in [0.2, 0.25) is 0 Å². The average molecular weight is 633 g/mol. The number of rotatable bonds is 12. The Hall–Kier alpha value is -5.18. The smallest absolute Gasteiger partial charge is 0.323 e. The molecule has 0 radical (unpaired) electrons. The van der Waals surface area contributed by atoms with Gasteiger partial charge in [0.05, 0.1) is 19.3 Å². The molecule has 0 fully saturated rings. The van der Waals surface area contributed by atoms with Crippen LogP contribution in [0.3, 0.4) is 0 Å². The summed E-state index contributed by atoms with van der Waals surface area (Å²) in [5, 5.41) is 10.4. The summed E-state index contributed by atoms with van der Waals surface area (Å²) >= 11 is 0. The summed E-state index contributed by atoms with van der Waals surface area (Å²) in [6.45, 7) is 11.6. The number of benzene rings is 2. The lowest BCUT2D eigenvalue weighted by atomic mass is 9.91. The highest BCUT2D eigenvalue weighted by molar-refractivity contribution is 6.08. The summed E-state index contributed by atoms with van der Waals surface area (Å²) in [6.07, 6.45) is 5.18. The quantitative estimate of drug-likeness (QED) is 0.127. The molecule has 2 aromatic carbocycles. The third kappa shape index (κ3) is 7.46. The molecule has 0 aliphatic heterocycles. The number of hydrogen-bond donors (Lipinski definition) is 3. The molecular formula is C38H44N6O3. The first-order valence-electron chi connectivity index (χ1n) is 16.3. The van der Waals surface area contributed by atoms with Crippen LogP contribution in [0.25, 0.3) is 22.2 Å². The molecule has 244 valence electrons. The Morgan fingerprint density at radius 3 is 2.26 bits per heavy atom. The summed E-state index contributed by atoms with van der Waals surface area (Å²) in [4.78, 5) is 37.3. The molecule has 0 saturated carbocycles. The van der Waals surface area contributed by atoms with Gasteiger partial charge in [0.1, 0.15) is 17.1 Å². The van der Waals surface area contributed by atoms with Crippen molar-refractivity contribution in [3.8, 4) is 16.9 Å². The van der Waals surface area contributed by atoms with Crippen LogP contribution in [0, 0.1) is 0 Å². The van der Waals surface area contributed by atoms with E-state index in [0.29, 0.717) is 30.0 Å². The second kappa shape index (κ2) is 14.9. The zero-order valence-electron chi connectivity index (χ0n) is 28.1. The molecule has 3 aromatic heterocycles. The maximum atomic E-state index is 14.2. The molecule has 9 heteroatoms. The minimum absolute atomic E-state index is 0.116. The third-order valence-corrected chi connectivity index (χ3v) is 8.23. The number of nitrogens with zero attached hydrogens (tertiary/aromatic N) is 3. The van der Waals surface area contributed by atoms with E-state index in [1.807, 2.05) is 54.6 Å². The molecule has 5 rings (SSSR count). The molecule has 0 aliphatic rings. The predicted octanol–water partition coefficient (Wildman–Crippen LogP) is 8.77. The van der Waals surface area contributed by atoms with Crippen LogP contribution < -0.4 is 26.2 Å². The van der Waals surface area contributed by atoms with E-state index in [0.717, 1.165) is 52.0 Å². The highest BCUT2D eigenvalue weighted by atomic mass is 16.5. The zero-order valence-corrected chi connectivity index (χ0v) is 28.1. The van der Waals surface area contributed by atoms with Crippen molar-refractivity contribution >= 4 is 34.1 Å². The number of amides is 2. The Bertz CT molecular complexity index is 1890. The van der Waals surface area contributed by atoms with Crippen LogP contribution in [0.2, 0.25) is 0 Å². The van der Waals surface area contributed by atoms with Crippen molar-refractivity contribution in [1.29, 1.82) is 0 Å². The molecule has 2 amide bonds. The molecule has 9 nitrogen and oxygen atoms in total. The first-order chi connectivity index (χ1) is 22.7. The zero-order chi connectivity index (χ0) is 33.5. The molecule has 5 aromatic rings. The molecular weight excluding hydrogens is 588 g/mol. The molecule has 3 N–H and O–H groups in total. The summed E-state index contributed by atoms with van der Waals surface area (Å²) in [5.74, 6) is 0.875. The maximum Gasteiger partial charge on any atom is 0.323 e. The standard InChI is InChI=1S/C38H44N6O3/c1-7-8-19-44-36-30(16-12-18-40-36)33(26-13-11-15-29(20-26)47-6)35(37(44)45)43-38(46)42-34-31(24(2)3)21-28(22-32(34)25(4)5)41-23-27-14-9-10-17-39-27/h9-18,20-22,24-25,41H,7-8,19,23H2,1-6H3,(H2,42,43,46). The van der Waals surface area contributed by atoms with E-state index in [9.17, 15) is 9.59 Å². The Kier molecular flexibility index (Phi) is 10.6. The Labute approximate surface area is 276 Å². The number of urea groups is 1. The monoisotopic (exact) mass is 632 g/mol. The summed E-state index contributed by atoms with van der Waals surface area (Å²) in [5.41, 5.74) is 6.42. The molecule has 47 heavy (non-hydrogen) atoms. The molecule has 3 heterocycles. The van der Waals surface area contributed by atoms with Gasteiger partial charge in [-0.05, 0) is 83.5 Å². The van der Waals surface area contributed by atoms with Gasteiger partial charge in [0.25, 0.3) is 5.56 Å². The number of carbonyl (C=O) groups is 1. The van der Waals surface area contributed by atoms with Gasteiger partial charge in [0, 0.05) is 41.3 Å². The number of anilines is 3. The molecule has 0 saturated heterocycles. The molecule has 0 unspecified atom stereocenters. The minimum Gasteiger partial charge on any atom is -0.497 e. The number of nitrogens with one attached hydrogen (secondary N) is 3. The SMILES string of the molecule is CCCCn1c(=O)c(NC(=O)Nc2c(C(C)C)cc(NCc3ccccn3)cc2C(C)C)c(-c2cccc(OC)c2)c2cccnc21. The van der Waals surface area contributed by atoms with Crippen molar-refractivity contribution in [1.82, 2.24) is 14.5 Å². The topological polar surface area (TPSA) is 110 Å². The number of aromatic nitrogens is 3. The summed E-state index contributed by atoms with van der Waals surface area (Å²) in [7, 11) is 1.60. The highest BCUT2D eigenvalue weighted by Gasteiger charge is 2.23. The van der Waals surface area contributed by atoms with Crippen molar-refractivity contribution in [2.45, 2.75) is 72.4 Å². The van der Waals surface area contributed by atoms with E-state index in [1.54, 1.807) is 24.1 Å². The van der Waals surface area contributed by atoms with E-state index in [4.69, 9.17) is 4.74 Å². The first-order valence-corrected chi connectivity index (χ1v) is 16.3. The third-order valence-electron chi connectivity index (χ3n) is 8.23. The molecule has 0 atom stereocenters. The van der Waals surface area contributed by atoms with Crippen LogP contribution in [0.15, 0.2) is 83.9 Å². The molecule has 0 spiro atoms. The van der Waals surface area contributed by atoms with Gasteiger partial charge >= 0.3 is 6.03 Å². The second-order valence-corrected chi connectivity index (χ2v) is 12.3. The normalized spacial score (nSPS) is 11.2. The van der Waals surface area contributed by atoms with Crippen molar-refractivity contribution in [2.75, 3.05) is 23.1 Å². The lowest BCUT2D eigenvalue weighted by molar-refractivity contribution is 0.262. The number of pyridine rings is 3. The van der Waals surface area contributed by atoms with Gasteiger partial charge in [-0.3, -0.25) is 14.3 Å². The minimum atomic E-state index is -0.491. The van der Waals surface area contributed by atoms with Gasteiger partial charge in [-0.1, -0.05) is 59.2 Å². The van der Waals surface area contributed by atoms with E-state index in [2.05, 4.69) is 72.7 Å². The number of unbranched alkanes of at least 4 members (excludes halogenated alkanes) is 1. The Balaban J connectivity index is 1.58. The van der Waals surface area contributed by atoms with E-state index < -0.39 is 6.03 Å². The van der Waals surface area contributed by atoms with Crippen molar-refractivity contribution in [3.05, 3.63) is 106 Å². The summed E-state index contributed by atoms with van der Waals surface area (Å²) in [6, 6.07) is 20.8. The van der Waals surface area contributed by atoms with Gasteiger partial charge in [0.15, 0.2) is 0 Å². The van der Waals surface area contributed by atoms with Crippen molar-refractivity contribution in [2.24, 2.45) is 0 Å². The fraction of sp³-hybridized carbons (Fsp3) is 0.316. The second-order valence-electron chi connectivity index (χ2n) is 12.3. The van der Waals surface area contributed by atoms with Crippen LogP contribution in [-0.2, 0) is 13.1 Å². The first kappa shape index (κ1) is 33.2. The van der Waals surface area contributed by atoms with Gasteiger partial charge in [-0.15, -0.1) is 0 Å². The van der Waals surface area contributed by atoms with Crippen LogP contribution in [0.4, 0.5) is 21.9 Å². The highest BCUT2D eigenvalue weighted by Crippen LogP contribution is 2.37. The van der Waals surface area contributed by atoms with Gasteiger partial charge < -0.3 is 20.7 Å². The number of methoxy groups -OCH3 is 1. The van der Waals surface area contributed by atoms with Crippen LogP contribution in [0.1, 0.15) is 76.1 Å². The summed E-state index contributed by atoms with van der Waals surface area (Å²) < 4.78 is 7.18. The molecule has 0 aliphatic carbocycles. The number of hydrogen-bond acceptors (Lipinski definition) is 6. The largest absolute Gasteiger partial charge is 0.497 e. The van der Waals surface area contributed by atoms with Crippen molar-refractivity contribution in [3.63, 3.8) is 0 Å². The number of ether oxygens (including phenoxy) is 1.